The molecule has 2 aromatic rings. The van der Waals surface area contributed by atoms with Gasteiger partial charge in [0, 0.05) is 12.2 Å². The minimum absolute atomic E-state index is 0.0591. The number of thiophene rings is 1. The van der Waals surface area contributed by atoms with Gasteiger partial charge in [0.2, 0.25) is 0 Å². The molecule has 1 aliphatic heterocycles. The SMILES string of the molecule is Nc1ccc2c(c1)CCCN2S(=O)(=O)c1cc(Cl)sc1Cl. The maximum atomic E-state index is 12.8. The summed E-state index contributed by atoms with van der Waals surface area (Å²) in [7, 11) is -3.71. The second kappa shape index (κ2) is 5.35. The molecule has 0 bridgehead atoms. The highest BCUT2D eigenvalue weighted by Gasteiger charge is 2.31. The fourth-order valence-electron chi connectivity index (χ4n) is 2.45. The topological polar surface area (TPSA) is 63.4 Å². The Bertz CT molecular complexity index is 802. The Morgan fingerprint density at radius 3 is 2.67 bits per heavy atom. The van der Waals surface area contributed by atoms with Gasteiger partial charge < -0.3 is 5.73 Å². The molecule has 3 rings (SSSR count). The van der Waals surface area contributed by atoms with Crippen molar-refractivity contribution in [3.63, 3.8) is 0 Å². The molecular weight excluding hydrogens is 351 g/mol. The standard InChI is InChI=1S/C13H12Cl2N2O2S2/c14-12-7-11(13(15)20-12)21(18,19)17-5-1-2-8-6-9(16)3-4-10(8)17/h3-4,6-7H,1-2,5,16H2. The van der Waals surface area contributed by atoms with E-state index in [-0.39, 0.29) is 9.23 Å². The van der Waals surface area contributed by atoms with Crippen molar-refractivity contribution in [2.75, 3.05) is 16.6 Å². The Labute approximate surface area is 137 Å². The average molecular weight is 363 g/mol. The van der Waals surface area contributed by atoms with E-state index in [4.69, 9.17) is 28.9 Å². The quantitative estimate of drug-likeness (QED) is 0.826. The molecule has 0 unspecified atom stereocenters. The summed E-state index contributed by atoms with van der Waals surface area (Å²) in [6.45, 7) is 0.420. The van der Waals surface area contributed by atoms with E-state index >= 15 is 0 Å². The van der Waals surface area contributed by atoms with Gasteiger partial charge in [-0.2, -0.15) is 0 Å². The largest absolute Gasteiger partial charge is 0.399 e. The molecule has 0 aliphatic carbocycles. The molecule has 0 atom stereocenters. The molecule has 0 radical (unpaired) electrons. The Hall–Kier alpha value is -0.950. The van der Waals surface area contributed by atoms with Gasteiger partial charge in [-0.15, -0.1) is 11.3 Å². The van der Waals surface area contributed by atoms with Crippen LogP contribution >= 0.6 is 34.5 Å². The van der Waals surface area contributed by atoms with Crippen LogP contribution in [0, 0.1) is 0 Å². The van der Waals surface area contributed by atoms with Crippen LogP contribution in [0.5, 0.6) is 0 Å². The molecule has 0 saturated heterocycles. The van der Waals surface area contributed by atoms with Crippen molar-refractivity contribution in [2.45, 2.75) is 17.7 Å². The highest BCUT2D eigenvalue weighted by atomic mass is 35.5. The Morgan fingerprint density at radius 2 is 2.00 bits per heavy atom. The summed E-state index contributed by atoms with van der Waals surface area (Å²) in [6, 6.07) is 6.66. The van der Waals surface area contributed by atoms with E-state index < -0.39 is 10.0 Å². The zero-order chi connectivity index (χ0) is 15.2. The number of fused-ring (bicyclic) bond motifs is 1. The molecule has 112 valence electrons. The maximum absolute atomic E-state index is 12.8. The van der Waals surface area contributed by atoms with Crippen LogP contribution in [-0.4, -0.2) is 15.0 Å². The molecule has 0 fully saturated rings. The predicted octanol–water partition coefficient (Wildman–Crippen LogP) is 3.78. The maximum Gasteiger partial charge on any atom is 0.266 e. The Morgan fingerprint density at radius 1 is 1.24 bits per heavy atom. The molecular formula is C13H12Cl2N2O2S2. The summed E-state index contributed by atoms with van der Waals surface area (Å²) in [5, 5.41) is 0. The number of hydrogen-bond donors (Lipinski definition) is 1. The first-order valence-corrected chi connectivity index (χ1v) is 9.27. The summed E-state index contributed by atoms with van der Waals surface area (Å²) >= 11 is 12.9. The zero-order valence-electron chi connectivity index (χ0n) is 10.8. The molecule has 2 heterocycles. The van der Waals surface area contributed by atoms with E-state index in [0.717, 1.165) is 29.7 Å². The van der Waals surface area contributed by atoms with Crippen LogP contribution in [0.25, 0.3) is 0 Å². The van der Waals surface area contributed by atoms with Gasteiger partial charge in [-0.1, -0.05) is 23.2 Å². The van der Waals surface area contributed by atoms with E-state index in [1.165, 1.54) is 10.4 Å². The molecule has 1 aromatic heterocycles. The Kier molecular flexibility index (Phi) is 3.81. The van der Waals surface area contributed by atoms with Crippen molar-refractivity contribution in [2.24, 2.45) is 0 Å². The van der Waals surface area contributed by atoms with Crippen LogP contribution in [0.1, 0.15) is 12.0 Å². The molecule has 1 aromatic carbocycles. The first-order chi connectivity index (χ1) is 9.89. The highest BCUT2D eigenvalue weighted by Crippen LogP contribution is 2.39. The van der Waals surface area contributed by atoms with Gasteiger partial charge in [-0.3, -0.25) is 4.31 Å². The van der Waals surface area contributed by atoms with Crippen molar-refractivity contribution in [1.29, 1.82) is 0 Å². The number of aryl methyl sites for hydroxylation is 1. The summed E-state index contributed by atoms with van der Waals surface area (Å²) in [6.07, 6.45) is 1.55. The molecule has 4 nitrogen and oxygen atoms in total. The Balaban J connectivity index is 2.12. The predicted molar refractivity (Wildman–Crippen MR) is 88.0 cm³/mol. The lowest BCUT2D eigenvalue weighted by molar-refractivity contribution is 0.587. The first-order valence-electron chi connectivity index (χ1n) is 6.25. The van der Waals surface area contributed by atoms with Crippen molar-refractivity contribution in [3.8, 4) is 0 Å². The minimum atomic E-state index is -3.71. The van der Waals surface area contributed by atoms with Crippen LogP contribution in [0.15, 0.2) is 29.2 Å². The molecule has 21 heavy (non-hydrogen) atoms. The molecule has 0 amide bonds. The van der Waals surface area contributed by atoms with Crippen LogP contribution < -0.4 is 10.0 Å². The average Bonchev–Trinajstić information content (AvgIpc) is 2.77. The van der Waals surface area contributed by atoms with Crippen molar-refractivity contribution >= 4 is 55.9 Å². The zero-order valence-corrected chi connectivity index (χ0v) is 14.0. The molecule has 0 saturated carbocycles. The third-order valence-electron chi connectivity index (χ3n) is 3.37. The normalized spacial score (nSPS) is 15.0. The molecule has 1 aliphatic rings. The number of rotatable bonds is 2. The van der Waals surface area contributed by atoms with Gasteiger partial charge >= 0.3 is 0 Å². The van der Waals surface area contributed by atoms with Crippen molar-refractivity contribution < 1.29 is 8.42 Å². The summed E-state index contributed by atoms with van der Waals surface area (Å²) in [5.41, 5.74) is 7.99. The second-order valence-corrected chi connectivity index (χ2v) is 8.87. The van der Waals surface area contributed by atoms with Gasteiger partial charge in [-0.25, -0.2) is 8.42 Å². The number of sulfonamides is 1. The van der Waals surface area contributed by atoms with Crippen LogP contribution in [-0.2, 0) is 16.4 Å². The van der Waals surface area contributed by atoms with Gasteiger partial charge in [0.25, 0.3) is 10.0 Å². The van der Waals surface area contributed by atoms with Gasteiger partial charge in [0.15, 0.2) is 0 Å². The summed E-state index contributed by atoms with van der Waals surface area (Å²) < 4.78 is 27.6. The number of benzene rings is 1. The lowest BCUT2D eigenvalue weighted by Gasteiger charge is -2.30. The summed E-state index contributed by atoms with van der Waals surface area (Å²) in [5.74, 6) is 0. The van der Waals surface area contributed by atoms with E-state index in [0.29, 0.717) is 22.3 Å². The monoisotopic (exact) mass is 362 g/mol. The van der Waals surface area contributed by atoms with Crippen LogP contribution in [0.2, 0.25) is 8.67 Å². The number of nitrogens with two attached hydrogens (primary N) is 1. The van der Waals surface area contributed by atoms with Gasteiger partial charge in [0.1, 0.15) is 9.23 Å². The molecule has 0 spiro atoms. The second-order valence-electron chi connectivity index (χ2n) is 4.76. The number of anilines is 2. The number of halogens is 2. The van der Waals surface area contributed by atoms with Crippen molar-refractivity contribution in [1.82, 2.24) is 0 Å². The van der Waals surface area contributed by atoms with Crippen LogP contribution in [0.4, 0.5) is 11.4 Å². The van der Waals surface area contributed by atoms with Gasteiger partial charge in [-0.05, 0) is 42.7 Å². The van der Waals surface area contributed by atoms with E-state index in [1.54, 1.807) is 12.1 Å². The van der Waals surface area contributed by atoms with E-state index in [1.807, 2.05) is 6.07 Å². The lowest BCUT2D eigenvalue weighted by atomic mass is 10.0. The van der Waals surface area contributed by atoms with E-state index in [9.17, 15) is 8.42 Å². The fraction of sp³-hybridized carbons (Fsp3) is 0.231. The number of nitrogen functional groups attached to an aromatic ring is 1. The third-order valence-corrected chi connectivity index (χ3v) is 6.94. The first kappa shape index (κ1) is 15.0. The van der Waals surface area contributed by atoms with E-state index in [2.05, 4.69) is 0 Å². The smallest absolute Gasteiger partial charge is 0.266 e. The number of hydrogen-bond acceptors (Lipinski definition) is 4. The molecule has 8 heteroatoms. The van der Waals surface area contributed by atoms with Gasteiger partial charge in [0.05, 0.1) is 10.0 Å². The molecule has 2 N–H and O–H groups in total. The fourth-order valence-corrected chi connectivity index (χ4v) is 6.11. The third kappa shape index (κ3) is 2.61. The van der Waals surface area contributed by atoms with Crippen LogP contribution in [0.3, 0.4) is 0 Å². The highest BCUT2D eigenvalue weighted by molar-refractivity contribution is 7.93. The van der Waals surface area contributed by atoms with Crippen molar-refractivity contribution in [3.05, 3.63) is 38.5 Å². The summed E-state index contributed by atoms with van der Waals surface area (Å²) in [4.78, 5) is 0.0591. The number of nitrogens with zero attached hydrogens (tertiary/aromatic N) is 1. The minimum Gasteiger partial charge on any atom is -0.399 e. The lowest BCUT2D eigenvalue weighted by Crippen LogP contribution is -2.35.